The molecule has 0 radical (unpaired) electrons. The first-order valence-electron chi connectivity index (χ1n) is 4.12. The molecule has 0 unspecified atom stereocenters. The first kappa shape index (κ1) is 8.18. The molecule has 0 amide bonds. The quantitative estimate of drug-likeness (QED) is 0.647. The zero-order valence-corrected chi connectivity index (χ0v) is 7.19. The minimum atomic E-state index is 1.00. The molecule has 0 bridgehead atoms. The lowest BCUT2D eigenvalue weighted by Gasteiger charge is -2.32. The van der Waals surface area contributed by atoms with Gasteiger partial charge in [0, 0.05) is 25.2 Å². The van der Waals surface area contributed by atoms with Crippen LogP contribution in [0.2, 0.25) is 0 Å². The Morgan fingerprint density at radius 2 is 2.27 bits per heavy atom. The lowest BCUT2D eigenvalue weighted by molar-refractivity contribution is 0.304. The summed E-state index contributed by atoms with van der Waals surface area (Å²) in [6.07, 6.45) is 2.21. The Kier molecular flexibility index (Phi) is 2.58. The molecule has 1 aliphatic rings. The van der Waals surface area contributed by atoms with Gasteiger partial charge >= 0.3 is 0 Å². The lowest BCUT2D eigenvalue weighted by atomic mass is 10.2. The summed E-state index contributed by atoms with van der Waals surface area (Å²) >= 11 is 0. The molecule has 1 saturated heterocycles. The van der Waals surface area contributed by atoms with E-state index in [9.17, 15) is 0 Å². The zero-order chi connectivity index (χ0) is 8.27. The van der Waals surface area contributed by atoms with Crippen LogP contribution in [0, 0.1) is 0 Å². The smallest absolute Gasteiger partial charge is 0.0980 e. The van der Waals surface area contributed by atoms with E-state index in [1.54, 1.807) is 0 Å². The molecule has 1 rings (SSSR count). The fourth-order valence-electron chi connectivity index (χ4n) is 1.27. The van der Waals surface area contributed by atoms with Crippen molar-refractivity contribution in [2.45, 2.75) is 19.8 Å². The van der Waals surface area contributed by atoms with E-state index in [0.717, 1.165) is 31.0 Å². The predicted octanol–water partition coefficient (Wildman–Crippen LogP) is 1.68. The van der Waals surface area contributed by atoms with E-state index in [0.29, 0.717) is 0 Å². The first-order chi connectivity index (χ1) is 5.24. The molecule has 1 heterocycles. The van der Waals surface area contributed by atoms with Crippen molar-refractivity contribution in [3.8, 4) is 0 Å². The summed E-state index contributed by atoms with van der Waals surface area (Å²) in [5.41, 5.74) is 1.09. The number of hydrogen-bond donors (Lipinski definition) is 1. The molecule has 0 aromatic carbocycles. The number of nitrogens with one attached hydrogen (secondary N) is 1. The molecule has 1 N–H and O–H groups in total. The molecule has 0 aromatic rings. The monoisotopic (exact) mass is 152 g/mol. The number of nitrogens with zero attached hydrogens (tertiary/aromatic N) is 1. The van der Waals surface area contributed by atoms with Crippen molar-refractivity contribution in [2.24, 2.45) is 0 Å². The summed E-state index contributed by atoms with van der Waals surface area (Å²) in [5.74, 6) is 1.00. The number of rotatable bonds is 2. The Morgan fingerprint density at radius 1 is 1.55 bits per heavy atom. The van der Waals surface area contributed by atoms with Crippen molar-refractivity contribution in [3.05, 3.63) is 24.7 Å². The van der Waals surface area contributed by atoms with Crippen molar-refractivity contribution < 1.29 is 0 Å². The van der Waals surface area contributed by atoms with Gasteiger partial charge in [-0.05, 0) is 6.42 Å². The van der Waals surface area contributed by atoms with Gasteiger partial charge in [0.15, 0.2) is 0 Å². The summed E-state index contributed by atoms with van der Waals surface area (Å²) in [5, 5.41) is 3.15. The average Bonchev–Trinajstić information content (AvgIpc) is 1.95. The van der Waals surface area contributed by atoms with Gasteiger partial charge in [0.25, 0.3) is 0 Å². The molecule has 2 nitrogen and oxygen atoms in total. The molecule has 0 aliphatic carbocycles. The van der Waals surface area contributed by atoms with Gasteiger partial charge < -0.3 is 10.2 Å². The van der Waals surface area contributed by atoms with Gasteiger partial charge in [-0.2, -0.15) is 0 Å². The third-order valence-electron chi connectivity index (χ3n) is 1.88. The average molecular weight is 152 g/mol. The fraction of sp³-hybridized carbons (Fsp3) is 0.556. The molecule has 1 aliphatic heterocycles. The maximum Gasteiger partial charge on any atom is 0.0980 e. The fourth-order valence-corrected chi connectivity index (χ4v) is 1.27. The Bertz CT molecular complexity index is 172. The van der Waals surface area contributed by atoms with Crippen molar-refractivity contribution in [1.29, 1.82) is 0 Å². The second-order valence-electron chi connectivity index (χ2n) is 2.91. The number of hydrogen-bond acceptors (Lipinski definition) is 2. The topological polar surface area (TPSA) is 15.3 Å². The largest absolute Gasteiger partial charge is 0.358 e. The second kappa shape index (κ2) is 3.46. The van der Waals surface area contributed by atoms with Gasteiger partial charge in [-0.25, -0.2) is 0 Å². The van der Waals surface area contributed by atoms with Gasteiger partial charge in [-0.3, -0.25) is 0 Å². The highest BCUT2D eigenvalue weighted by molar-refractivity contribution is 5.09. The first-order valence-corrected chi connectivity index (χ1v) is 4.12. The van der Waals surface area contributed by atoms with Crippen LogP contribution in [0.15, 0.2) is 24.7 Å². The zero-order valence-electron chi connectivity index (χ0n) is 7.19. The van der Waals surface area contributed by atoms with Crippen LogP contribution >= 0.6 is 0 Å². The third kappa shape index (κ3) is 2.00. The summed E-state index contributed by atoms with van der Waals surface area (Å²) in [6, 6.07) is 0. The predicted molar refractivity (Wildman–Crippen MR) is 47.9 cm³/mol. The van der Waals surface area contributed by atoms with Gasteiger partial charge in [-0.1, -0.05) is 20.1 Å². The van der Waals surface area contributed by atoms with E-state index in [1.807, 2.05) is 0 Å². The molecule has 0 saturated carbocycles. The molecule has 0 atom stereocenters. The summed E-state index contributed by atoms with van der Waals surface area (Å²) in [7, 11) is 0. The SMILES string of the molecule is C=C1CCN(CCC)C(=C)N1. The standard InChI is InChI=1S/C9H16N2/c1-4-6-11-7-5-8(2)10-9(11)3/h10H,2-7H2,1H3. The maximum absolute atomic E-state index is 3.92. The van der Waals surface area contributed by atoms with Gasteiger partial charge in [-0.15, -0.1) is 0 Å². The Balaban J connectivity index is 2.44. The maximum atomic E-state index is 3.92. The Morgan fingerprint density at radius 3 is 2.82 bits per heavy atom. The van der Waals surface area contributed by atoms with Crippen molar-refractivity contribution >= 4 is 0 Å². The van der Waals surface area contributed by atoms with Crippen molar-refractivity contribution in [3.63, 3.8) is 0 Å². The van der Waals surface area contributed by atoms with Crippen LogP contribution in [-0.2, 0) is 0 Å². The van der Waals surface area contributed by atoms with E-state index in [1.165, 1.54) is 6.42 Å². The van der Waals surface area contributed by atoms with Crippen LogP contribution in [0.5, 0.6) is 0 Å². The van der Waals surface area contributed by atoms with Gasteiger partial charge in [0.1, 0.15) is 0 Å². The van der Waals surface area contributed by atoms with E-state index in [4.69, 9.17) is 0 Å². The molecule has 0 spiro atoms. The Hall–Kier alpha value is -0.920. The molecule has 0 aromatic heterocycles. The van der Waals surface area contributed by atoms with Crippen LogP contribution in [0.25, 0.3) is 0 Å². The van der Waals surface area contributed by atoms with Gasteiger partial charge in [0.2, 0.25) is 0 Å². The highest BCUT2D eigenvalue weighted by Crippen LogP contribution is 2.11. The normalized spacial score (nSPS) is 18.5. The lowest BCUT2D eigenvalue weighted by Crippen LogP contribution is -2.37. The molecular weight excluding hydrogens is 136 g/mol. The minimum absolute atomic E-state index is 1.00. The van der Waals surface area contributed by atoms with Gasteiger partial charge in [0.05, 0.1) is 5.82 Å². The highest BCUT2D eigenvalue weighted by Gasteiger charge is 2.12. The van der Waals surface area contributed by atoms with E-state index in [-0.39, 0.29) is 0 Å². The van der Waals surface area contributed by atoms with Crippen LogP contribution in [0.1, 0.15) is 19.8 Å². The summed E-state index contributed by atoms with van der Waals surface area (Å²) in [4.78, 5) is 2.26. The van der Waals surface area contributed by atoms with Crippen LogP contribution < -0.4 is 5.32 Å². The van der Waals surface area contributed by atoms with E-state index < -0.39 is 0 Å². The molecule has 2 heteroatoms. The van der Waals surface area contributed by atoms with E-state index in [2.05, 4.69) is 30.3 Å². The minimum Gasteiger partial charge on any atom is -0.358 e. The van der Waals surface area contributed by atoms with E-state index >= 15 is 0 Å². The summed E-state index contributed by atoms with van der Waals surface area (Å²) in [6.45, 7) is 12.1. The molecule has 62 valence electrons. The van der Waals surface area contributed by atoms with Crippen LogP contribution in [0.3, 0.4) is 0 Å². The highest BCUT2D eigenvalue weighted by atomic mass is 15.3. The van der Waals surface area contributed by atoms with Crippen molar-refractivity contribution in [2.75, 3.05) is 13.1 Å². The Labute approximate surface area is 68.6 Å². The molecular formula is C9H16N2. The van der Waals surface area contributed by atoms with Crippen LogP contribution in [0.4, 0.5) is 0 Å². The van der Waals surface area contributed by atoms with Crippen molar-refractivity contribution in [1.82, 2.24) is 10.2 Å². The van der Waals surface area contributed by atoms with Crippen LogP contribution in [-0.4, -0.2) is 18.0 Å². The summed E-state index contributed by atoms with van der Waals surface area (Å²) < 4.78 is 0. The third-order valence-corrected chi connectivity index (χ3v) is 1.88. The second-order valence-corrected chi connectivity index (χ2v) is 2.91. The molecule has 11 heavy (non-hydrogen) atoms. The molecule has 1 fully saturated rings.